The van der Waals surface area contributed by atoms with Crippen molar-refractivity contribution in [2.24, 2.45) is 5.73 Å². The van der Waals surface area contributed by atoms with Gasteiger partial charge in [0.2, 0.25) is 0 Å². The molecule has 19 heavy (non-hydrogen) atoms. The van der Waals surface area contributed by atoms with Gasteiger partial charge in [-0.1, -0.05) is 18.9 Å². The van der Waals surface area contributed by atoms with Crippen molar-refractivity contribution in [1.82, 2.24) is 0 Å². The molecule has 1 aromatic carbocycles. The lowest BCUT2D eigenvalue weighted by atomic mass is 9.88. The van der Waals surface area contributed by atoms with E-state index in [9.17, 15) is 0 Å². The van der Waals surface area contributed by atoms with Crippen molar-refractivity contribution in [1.29, 1.82) is 0 Å². The quantitative estimate of drug-likeness (QED) is 0.880. The van der Waals surface area contributed by atoms with Gasteiger partial charge in [-0.05, 0) is 62.8 Å². The number of likely N-dealkylation sites (N-methyl/N-ethyl adjacent to an activating group) is 1. The first-order chi connectivity index (χ1) is 8.93. The van der Waals surface area contributed by atoms with Crippen LogP contribution in [0.3, 0.4) is 0 Å². The Balaban J connectivity index is 2.40. The first kappa shape index (κ1) is 14.4. The third kappa shape index (κ3) is 2.64. The van der Waals surface area contributed by atoms with Gasteiger partial charge in [0, 0.05) is 24.8 Å². The summed E-state index contributed by atoms with van der Waals surface area (Å²) in [7, 11) is 2.23. The van der Waals surface area contributed by atoms with Crippen LogP contribution in [0.2, 0.25) is 0 Å². The number of hydrogen-bond donors (Lipinski definition) is 1. The van der Waals surface area contributed by atoms with Crippen LogP contribution in [0.1, 0.15) is 47.9 Å². The molecule has 1 fully saturated rings. The Morgan fingerprint density at radius 3 is 2.05 bits per heavy atom. The van der Waals surface area contributed by atoms with E-state index in [4.69, 9.17) is 5.73 Å². The second kappa shape index (κ2) is 5.54. The van der Waals surface area contributed by atoms with Crippen LogP contribution in [0.4, 0.5) is 5.69 Å². The number of anilines is 1. The van der Waals surface area contributed by atoms with Crippen LogP contribution in [0.5, 0.6) is 0 Å². The number of benzene rings is 1. The second-order valence-corrected chi connectivity index (χ2v) is 6.24. The summed E-state index contributed by atoms with van der Waals surface area (Å²) in [6.45, 7) is 8.89. The van der Waals surface area contributed by atoms with Crippen LogP contribution in [0, 0.1) is 27.7 Å². The fourth-order valence-corrected chi connectivity index (χ4v) is 3.51. The molecule has 2 N–H and O–H groups in total. The highest BCUT2D eigenvalue weighted by Gasteiger charge is 2.27. The maximum Gasteiger partial charge on any atom is 0.0438 e. The number of rotatable bonds is 2. The minimum Gasteiger partial charge on any atom is -0.370 e. The van der Waals surface area contributed by atoms with E-state index in [0.717, 1.165) is 6.42 Å². The van der Waals surface area contributed by atoms with E-state index < -0.39 is 0 Å². The molecule has 0 heterocycles. The lowest BCUT2D eigenvalue weighted by Gasteiger charge is -2.39. The van der Waals surface area contributed by atoms with Crippen LogP contribution in [-0.4, -0.2) is 19.1 Å². The van der Waals surface area contributed by atoms with Gasteiger partial charge in [0.25, 0.3) is 0 Å². The van der Waals surface area contributed by atoms with Crippen LogP contribution >= 0.6 is 0 Å². The molecule has 0 spiro atoms. The highest BCUT2D eigenvalue weighted by Crippen LogP contribution is 2.33. The van der Waals surface area contributed by atoms with E-state index in [1.807, 2.05) is 0 Å². The van der Waals surface area contributed by atoms with Gasteiger partial charge in [0.15, 0.2) is 0 Å². The largest absolute Gasteiger partial charge is 0.370 e. The molecule has 1 aliphatic rings. The molecule has 0 amide bonds. The Labute approximate surface area is 118 Å². The molecular formula is C17H28N2. The topological polar surface area (TPSA) is 29.3 Å². The first-order valence-electron chi connectivity index (χ1n) is 7.49. The highest BCUT2D eigenvalue weighted by atomic mass is 15.2. The fourth-order valence-electron chi connectivity index (χ4n) is 3.51. The molecule has 2 nitrogen and oxygen atoms in total. The number of aryl methyl sites for hydroxylation is 2. The average molecular weight is 260 g/mol. The maximum atomic E-state index is 6.35. The van der Waals surface area contributed by atoms with Gasteiger partial charge in [-0.3, -0.25) is 0 Å². The third-order valence-electron chi connectivity index (χ3n) is 4.96. The van der Waals surface area contributed by atoms with Crippen LogP contribution in [0.25, 0.3) is 0 Å². The monoisotopic (exact) mass is 260 g/mol. The van der Waals surface area contributed by atoms with E-state index in [2.05, 4.69) is 45.7 Å². The smallest absolute Gasteiger partial charge is 0.0438 e. The molecular weight excluding hydrogens is 232 g/mol. The van der Waals surface area contributed by atoms with E-state index in [1.165, 1.54) is 47.2 Å². The van der Waals surface area contributed by atoms with Gasteiger partial charge in [-0.25, -0.2) is 0 Å². The summed E-state index contributed by atoms with van der Waals surface area (Å²) in [5.74, 6) is 0. The predicted molar refractivity (Wildman–Crippen MR) is 84.0 cm³/mol. The zero-order chi connectivity index (χ0) is 14.2. The van der Waals surface area contributed by atoms with Crippen molar-refractivity contribution in [3.8, 4) is 0 Å². The Hall–Kier alpha value is -1.02. The highest BCUT2D eigenvalue weighted by molar-refractivity contribution is 5.64. The normalized spacial score (nSPS) is 23.5. The molecule has 0 aromatic heterocycles. The lowest BCUT2D eigenvalue weighted by Crippen LogP contribution is -2.48. The molecule has 2 atom stereocenters. The van der Waals surface area contributed by atoms with Gasteiger partial charge >= 0.3 is 0 Å². The van der Waals surface area contributed by atoms with Gasteiger partial charge in [-0.15, -0.1) is 0 Å². The second-order valence-electron chi connectivity index (χ2n) is 6.24. The summed E-state index contributed by atoms with van der Waals surface area (Å²) in [5.41, 5.74) is 13.3. The van der Waals surface area contributed by atoms with Crippen molar-refractivity contribution in [2.45, 2.75) is 65.5 Å². The van der Waals surface area contributed by atoms with Crippen molar-refractivity contribution < 1.29 is 0 Å². The molecule has 2 unspecified atom stereocenters. The van der Waals surface area contributed by atoms with Crippen molar-refractivity contribution >= 4 is 5.69 Å². The summed E-state index contributed by atoms with van der Waals surface area (Å²) in [6, 6.07) is 3.11. The number of nitrogens with two attached hydrogens (primary N) is 1. The predicted octanol–water partition coefficient (Wildman–Crippen LogP) is 3.63. The Morgan fingerprint density at radius 1 is 1.00 bits per heavy atom. The van der Waals surface area contributed by atoms with Gasteiger partial charge < -0.3 is 10.6 Å². The summed E-state index contributed by atoms with van der Waals surface area (Å²) in [6.07, 6.45) is 4.99. The number of hydrogen-bond acceptors (Lipinski definition) is 2. The van der Waals surface area contributed by atoms with Crippen LogP contribution in [0.15, 0.2) is 6.07 Å². The molecule has 2 rings (SSSR count). The summed E-state index contributed by atoms with van der Waals surface area (Å²) in [5, 5.41) is 0. The minimum absolute atomic E-state index is 0.318. The van der Waals surface area contributed by atoms with E-state index in [0.29, 0.717) is 12.1 Å². The zero-order valence-corrected chi connectivity index (χ0v) is 13.1. The molecule has 1 saturated carbocycles. The average Bonchev–Trinajstić information content (AvgIpc) is 2.37. The summed E-state index contributed by atoms with van der Waals surface area (Å²) in [4.78, 5) is 2.45. The van der Waals surface area contributed by atoms with Crippen LogP contribution < -0.4 is 10.6 Å². The van der Waals surface area contributed by atoms with Gasteiger partial charge in [0.1, 0.15) is 0 Å². The van der Waals surface area contributed by atoms with Crippen molar-refractivity contribution in [2.75, 3.05) is 11.9 Å². The molecule has 0 radical (unpaired) electrons. The summed E-state index contributed by atoms with van der Waals surface area (Å²) < 4.78 is 0. The Kier molecular flexibility index (Phi) is 4.19. The maximum absolute atomic E-state index is 6.35. The molecule has 106 valence electrons. The Morgan fingerprint density at radius 2 is 1.53 bits per heavy atom. The molecule has 0 saturated heterocycles. The standard InChI is InChI=1S/C17H28N2/c1-11-10-12(2)14(4)17(13(11)3)19(5)16-9-7-6-8-15(16)18/h10,15-16H,6-9,18H2,1-5H3. The van der Waals surface area contributed by atoms with E-state index >= 15 is 0 Å². The van der Waals surface area contributed by atoms with E-state index in [1.54, 1.807) is 0 Å². The summed E-state index contributed by atoms with van der Waals surface area (Å²) >= 11 is 0. The molecule has 0 aliphatic heterocycles. The minimum atomic E-state index is 0.318. The zero-order valence-electron chi connectivity index (χ0n) is 13.1. The van der Waals surface area contributed by atoms with Crippen molar-refractivity contribution in [3.63, 3.8) is 0 Å². The first-order valence-corrected chi connectivity index (χ1v) is 7.49. The lowest BCUT2D eigenvalue weighted by molar-refractivity contribution is 0.373. The third-order valence-corrected chi connectivity index (χ3v) is 4.96. The van der Waals surface area contributed by atoms with Gasteiger partial charge in [-0.2, -0.15) is 0 Å². The molecule has 1 aliphatic carbocycles. The molecule has 1 aromatic rings. The van der Waals surface area contributed by atoms with Gasteiger partial charge in [0.05, 0.1) is 0 Å². The number of nitrogens with zero attached hydrogens (tertiary/aromatic N) is 1. The van der Waals surface area contributed by atoms with Crippen LogP contribution in [-0.2, 0) is 0 Å². The van der Waals surface area contributed by atoms with Crippen molar-refractivity contribution in [3.05, 3.63) is 28.3 Å². The Bertz CT molecular complexity index is 439. The SMILES string of the molecule is Cc1cc(C)c(C)c(N(C)C2CCCCC2N)c1C. The molecule has 0 bridgehead atoms. The molecule has 2 heteroatoms. The fraction of sp³-hybridized carbons (Fsp3) is 0.647. The van der Waals surface area contributed by atoms with E-state index in [-0.39, 0.29) is 0 Å².